The monoisotopic (exact) mass is 312 g/mol. The third-order valence-corrected chi connectivity index (χ3v) is 3.68. The molecule has 2 aromatic carbocycles. The molecule has 0 spiro atoms. The van der Waals surface area contributed by atoms with E-state index in [1.807, 2.05) is 68.4 Å². The van der Waals surface area contributed by atoms with Crippen LogP contribution < -0.4 is 0 Å². The van der Waals surface area contributed by atoms with Crippen LogP contribution in [0.5, 0.6) is 0 Å². The molecular weight excluding hydrogens is 288 g/mol. The van der Waals surface area contributed by atoms with Crippen molar-refractivity contribution >= 4 is 5.97 Å². The number of rotatable bonds is 6. The zero-order chi connectivity index (χ0) is 16.9. The molecule has 1 atom stereocenters. The average Bonchev–Trinajstić information content (AvgIpc) is 2.53. The highest BCUT2D eigenvalue weighted by Crippen LogP contribution is 2.28. The van der Waals surface area contributed by atoms with E-state index in [-0.39, 0.29) is 18.3 Å². The fraction of sp³-hybridized carbons (Fsp3) is 0.350. The maximum absolute atomic E-state index is 11.8. The summed E-state index contributed by atoms with van der Waals surface area (Å²) in [4.78, 5) is 11.8. The van der Waals surface area contributed by atoms with Crippen LogP contribution in [-0.2, 0) is 15.1 Å². The quantitative estimate of drug-likeness (QED) is 0.815. The van der Waals surface area contributed by atoms with E-state index in [4.69, 9.17) is 4.74 Å². The minimum absolute atomic E-state index is 0.0512. The van der Waals surface area contributed by atoms with Gasteiger partial charge in [0, 0.05) is 0 Å². The van der Waals surface area contributed by atoms with E-state index in [2.05, 4.69) is 0 Å². The normalized spacial score (nSPS) is 13.6. The smallest absolute Gasteiger partial charge is 0.309 e. The molecular formula is C20H24O3. The Balaban J connectivity index is 2.06. The van der Waals surface area contributed by atoms with Crippen LogP contribution >= 0.6 is 0 Å². The van der Waals surface area contributed by atoms with Crippen molar-refractivity contribution in [3.05, 3.63) is 60.2 Å². The minimum Gasteiger partial charge on any atom is -0.465 e. The summed E-state index contributed by atoms with van der Waals surface area (Å²) in [5, 5.41) is 10.6. The fourth-order valence-electron chi connectivity index (χ4n) is 2.35. The highest BCUT2D eigenvalue weighted by atomic mass is 16.5. The molecule has 0 aliphatic carbocycles. The predicted octanol–water partition coefficient (Wildman–Crippen LogP) is 4.15. The van der Waals surface area contributed by atoms with Crippen LogP contribution in [0.2, 0.25) is 0 Å². The van der Waals surface area contributed by atoms with Crippen LogP contribution in [0.1, 0.15) is 32.8 Å². The van der Waals surface area contributed by atoms with Crippen LogP contribution in [0.25, 0.3) is 11.1 Å². The first-order valence-electron chi connectivity index (χ1n) is 7.92. The Morgan fingerprint density at radius 3 is 2.17 bits per heavy atom. The number of carbonyl (C=O) groups excluding carboxylic acids is 1. The van der Waals surface area contributed by atoms with Crippen LogP contribution in [0, 0.1) is 5.92 Å². The Morgan fingerprint density at radius 2 is 1.61 bits per heavy atom. The van der Waals surface area contributed by atoms with Gasteiger partial charge in [-0.15, -0.1) is 0 Å². The molecule has 3 nitrogen and oxygen atoms in total. The highest BCUT2D eigenvalue weighted by Gasteiger charge is 2.27. The van der Waals surface area contributed by atoms with Crippen molar-refractivity contribution in [3.8, 4) is 11.1 Å². The number of hydrogen-bond donors (Lipinski definition) is 1. The van der Waals surface area contributed by atoms with E-state index in [0.717, 1.165) is 11.1 Å². The zero-order valence-electron chi connectivity index (χ0n) is 14.0. The van der Waals surface area contributed by atoms with Gasteiger partial charge in [-0.05, 0) is 29.5 Å². The predicted molar refractivity (Wildman–Crippen MR) is 91.9 cm³/mol. The molecule has 0 fully saturated rings. The topological polar surface area (TPSA) is 46.5 Å². The molecule has 1 N–H and O–H groups in total. The van der Waals surface area contributed by atoms with Gasteiger partial charge in [0.05, 0.1) is 18.6 Å². The summed E-state index contributed by atoms with van der Waals surface area (Å²) in [6.07, 6.45) is -0.0512. The summed E-state index contributed by atoms with van der Waals surface area (Å²) < 4.78 is 5.15. The summed E-state index contributed by atoms with van der Waals surface area (Å²) in [6.45, 7) is 5.98. The van der Waals surface area contributed by atoms with Gasteiger partial charge in [-0.2, -0.15) is 0 Å². The second kappa shape index (κ2) is 7.42. The summed E-state index contributed by atoms with van der Waals surface area (Å²) in [6, 6.07) is 17.7. The zero-order valence-corrected chi connectivity index (χ0v) is 14.0. The van der Waals surface area contributed by atoms with Crippen LogP contribution in [-0.4, -0.2) is 17.7 Å². The molecule has 0 bridgehead atoms. The maximum atomic E-state index is 11.8. The first-order chi connectivity index (χ1) is 10.9. The van der Waals surface area contributed by atoms with E-state index >= 15 is 0 Å². The lowest BCUT2D eigenvalue weighted by molar-refractivity contribution is -0.150. The Morgan fingerprint density at radius 1 is 1.04 bits per heavy atom. The lowest BCUT2D eigenvalue weighted by Crippen LogP contribution is -2.26. The molecule has 0 aromatic heterocycles. The van der Waals surface area contributed by atoms with Crippen molar-refractivity contribution in [1.29, 1.82) is 0 Å². The SMILES string of the molecule is CC(C)COC(=O)CC(C)(O)c1ccc(-c2ccccc2)cc1. The van der Waals surface area contributed by atoms with Crippen LogP contribution in [0.3, 0.4) is 0 Å². The Bertz CT molecular complexity index is 628. The molecule has 0 radical (unpaired) electrons. The summed E-state index contributed by atoms with van der Waals surface area (Å²) in [7, 11) is 0. The van der Waals surface area contributed by atoms with Gasteiger partial charge in [-0.25, -0.2) is 0 Å². The molecule has 0 saturated heterocycles. The molecule has 2 aromatic rings. The van der Waals surface area contributed by atoms with Gasteiger partial charge >= 0.3 is 5.97 Å². The van der Waals surface area contributed by atoms with Gasteiger partial charge in [0.1, 0.15) is 0 Å². The molecule has 0 amide bonds. The van der Waals surface area contributed by atoms with Crippen LogP contribution in [0.4, 0.5) is 0 Å². The second-order valence-electron chi connectivity index (χ2n) is 6.47. The number of hydrogen-bond acceptors (Lipinski definition) is 3. The van der Waals surface area contributed by atoms with Gasteiger partial charge in [0.15, 0.2) is 0 Å². The number of ether oxygens (including phenoxy) is 1. The first kappa shape index (κ1) is 17.2. The van der Waals surface area contributed by atoms with Gasteiger partial charge in [0.2, 0.25) is 0 Å². The number of benzene rings is 2. The van der Waals surface area contributed by atoms with Crippen molar-refractivity contribution in [2.24, 2.45) is 5.92 Å². The molecule has 2 rings (SSSR count). The van der Waals surface area contributed by atoms with Crippen molar-refractivity contribution < 1.29 is 14.6 Å². The van der Waals surface area contributed by atoms with Gasteiger partial charge in [-0.1, -0.05) is 68.4 Å². The molecule has 0 aliphatic rings. The summed E-state index contributed by atoms with van der Waals surface area (Å²) in [5.41, 5.74) is 1.67. The Kier molecular flexibility index (Phi) is 5.56. The van der Waals surface area contributed by atoms with Crippen molar-refractivity contribution in [2.45, 2.75) is 32.8 Å². The standard InChI is InChI=1S/C20H24O3/c1-15(2)14-23-19(21)13-20(3,22)18-11-9-17(10-12-18)16-7-5-4-6-8-16/h4-12,15,22H,13-14H2,1-3H3. The lowest BCUT2D eigenvalue weighted by atomic mass is 9.91. The Hall–Kier alpha value is -2.13. The molecule has 3 heteroatoms. The summed E-state index contributed by atoms with van der Waals surface area (Å²) >= 11 is 0. The lowest BCUT2D eigenvalue weighted by Gasteiger charge is -2.23. The maximum Gasteiger partial charge on any atom is 0.309 e. The van der Waals surface area contributed by atoms with E-state index in [1.165, 1.54) is 0 Å². The molecule has 1 unspecified atom stereocenters. The third kappa shape index (κ3) is 4.93. The number of carbonyl (C=O) groups is 1. The number of esters is 1. The van der Waals surface area contributed by atoms with Crippen molar-refractivity contribution in [2.75, 3.05) is 6.61 Å². The average molecular weight is 312 g/mol. The van der Waals surface area contributed by atoms with Gasteiger partial charge in [0.25, 0.3) is 0 Å². The van der Waals surface area contributed by atoms with Gasteiger partial charge < -0.3 is 9.84 Å². The summed E-state index contributed by atoms with van der Waals surface area (Å²) in [5.74, 6) is -0.0927. The highest BCUT2D eigenvalue weighted by molar-refractivity contribution is 5.71. The number of aliphatic hydroxyl groups is 1. The van der Waals surface area contributed by atoms with E-state index in [9.17, 15) is 9.90 Å². The molecule has 122 valence electrons. The molecule has 0 heterocycles. The molecule has 0 saturated carbocycles. The molecule has 0 aliphatic heterocycles. The second-order valence-corrected chi connectivity index (χ2v) is 6.47. The minimum atomic E-state index is -1.23. The van der Waals surface area contributed by atoms with E-state index < -0.39 is 5.60 Å². The van der Waals surface area contributed by atoms with Crippen molar-refractivity contribution in [1.82, 2.24) is 0 Å². The first-order valence-corrected chi connectivity index (χ1v) is 7.92. The van der Waals surface area contributed by atoms with E-state index in [0.29, 0.717) is 12.2 Å². The van der Waals surface area contributed by atoms with E-state index in [1.54, 1.807) is 6.92 Å². The molecule has 23 heavy (non-hydrogen) atoms. The largest absolute Gasteiger partial charge is 0.465 e. The fourth-order valence-corrected chi connectivity index (χ4v) is 2.35. The van der Waals surface area contributed by atoms with Gasteiger partial charge in [-0.3, -0.25) is 4.79 Å². The Labute approximate surface area is 137 Å². The van der Waals surface area contributed by atoms with Crippen molar-refractivity contribution in [3.63, 3.8) is 0 Å². The van der Waals surface area contributed by atoms with Crippen LogP contribution in [0.15, 0.2) is 54.6 Å². The third-order valence-electron chi connectivity index (χ3n) is 3.68.